The summed E-state index contributed by atoms with van der Waals surface area (Å²) in [5, 5.41) is 3.96. The van der Waals surface area contributed by atoms with Crippen molar-refractivity contribution in [2.45, 2.75) is 6.92 Å². The van der Waals surface area contributed by atoms with Gasteiger partial charge in [-0.3, -0.25) is 4.79 Å². The molecule has 7 heteroatoms. The van der Waals surface area contributed by atoms with Gasteiger partial charge in [0.15, 0.2) is 5.82 Å². The number of rotatable bonds is 2. The lowest BCUT2D eigenvalue weighted by Gasteiger charge is -2.02. The molecule has 16 heavy (non-hydrogen) atoms. The number of hydrogen-bond acceptors (Lipinski definition) is 5. The van der Waals surface area contributed by atoms with Crippen LogP contribution in [0, 0.1) is 6.92 Å². The fourth-order valence-electron chi connectivity index (χ4n) is 1.27. The van der Waals surface area contributed by atoms with Crippen LogP contribution in [0.1, 0.15) is 16.1 Å². The summed E-state index contributed by atoms with van der Waals surface area (Å²) in [7, 11) is 0. The molecule has 2 heterocycles. The van der Waals surface area contributed by atoms with Crippen LogP contribution in [0.4, 0.5) is 5.95 Å². The van der Waals surface area contributed by atoms with Gasteiger partial charge in [0, 0.05) is 18.0 Å². The summed E-state index contributed by atoms with van der Waals surface area (Å²) in [4.78, 5) is 18.8. The SMILES string of the molecule is Cc1cc(-n2cc(C(N)=O)cn2)nc(N)n1. The topological polar surface area (TPSA) is 113 Å². The molecule has 0 saturated carbocycles. The van der Waals surface area contributed by atoms with Crippen LogP contribution in [0.15, 0.2) is 18.5 Å². The predicted molar refractivity (Wildman–Crippen MR) is 56.8 cm³/mol. The fraction of sp³-hybridized carbons (Fsp3) is 0.111. The van der Waals surface area contributed by atoms with E-state index in [0.717, 1.165) is 5.69 Å². The Kier molecular flexibility index (Phi) is 2.28. The first-order valence-corrected chi connectivity index (χ1v) is 4.52. The maximum Gasteiger partial charge on any atom is 0.251 e. The van der Waals surface area contributed by atoms with E-state index < -0.39 is 5.91 Å². The lowest BCUT2D eigenvalue weighted by Crippen LogP contribution is -2.09. The van der Waals surface area contributed by atoms with E-state index in [2.05, 4.69) is 15.1 Å². The smallest absolute Gasteiger partial charge is 0.251 e. The molecule has 0 atom stereocenters. The van der Waals surface area contributed by atoms with Crippen molar-refractivity contribution in [3.63, 3.8) is 0 Å². The van der Waals surface area contributed by atoms with Crippen LogP contribution >= 0.6 is 0 Å². The van der Waals surface area contributed by atoms with E-state index in [0.29, 0.717) is 11.4 Å². The van der Waals surface area contributed by atoms with E-state index in [4.69, 9.17) is 11.5 Å². The first-order chi connectivity index (χ1) is 7.56. The molecule has 82 valence electrons. The summed E-state index contributed by atoms with van der Waals surface area (Å²) in [6, 6.07) is 1.70. The highest BCUT2D eigenvalue weighted by Gasteiger charge is 2.07. The monoisotopic (exact) mass is 218 g/mol. The minimum atomic E-state index is -0.537. The largest absolute Gasteiger partial charge is 0.368 e. The molecule has 2 aromatic rings. The summed E-state index contributed by atoms with van der Waals surface area (Å²) in [6.07, 6.45) is 2.86. The molecule has 0 aliphatic heterocycles. The van der Waals surface area contributed by atoms with Crippen LogP contribution in [0.5, 0.6) is 0 Å². The number of amides is 1. The number of aromatic nitrogens is 4. The summed E-state index contributed by atoms with van der Waals surface area (Å²) < 4.78 is 1.42. The number of primary amides is 1. The zero-order valence-corrected chi connectivity index (χ0v) is 8.58. The van der Waals surface area contributed by atoms with Gasteiger partial charge in [-0.1, -0.05) is 0 Å². The molecule has 2 rings (SSSR count). The van der Waals surface area contributed by atoms with Crippen molar-refractivity contribution in [3.05, 3.63) is 29.7 Å². The summed E-state index contributed by atoms with van der Waals surface area (Å²) >= 11 is 0. The number of nitrogen functional groups attached to an aromatic ring is 1. The van der Waals surface area contributed by atoms with Crippen LogP contribution in [0.2, 0.25) is 0 Å². The first kappa shape index (κ1) is 10.1. The van der Waals surface area contributed by atoms with Gasteiger partial charge in [-0.05, 0) is 6.92 Å². The number of aryl methyl sites for hydroxylation is 1. The second kappa shape index (κ2) is 3.61. The van der Waals surface area contributed by atoms with Crippen molar-refractivity contribution < 1.29 is 4.79 Å². The molecule has 0 fully saturated rings. The Hall–Kier alpha value is -2.44. The van der Waals surface area contributed by atoms with Gasteiger partial charge in [0.1, 0.15) is 0 Å². The van der Waals surface area contributed by atoms with Crippen molar-refractivity contribution in [3.8, 4) is 5.82 Å². The van der Waals surface area contributed by atoms with Crippen molar-refractivity contribution in [2.24, 2.45) is 5.73 Å². The molecule has 4 N–H and O–H groups in total. The van der Waals surface area contributed by atoms with Gasteiger partial charge in [0.2, 0.25) is 5.95 Å². The molecule has 0 saturated heterocycles. The van der Waals surface area contributed by atoms with Gasteiger partial charge in [-0.25, -0.2) is 9.67 Å². The molecule has 7 nitrogen and oxygen atoms in total. The second-order valence-electron chi connectivity index (χ2n) is 3.26. The predicted octanol–water partition coefficient (Wildman–Crippen LogP) is -0.348. The molecule has 0 aromatic carbocycles. The Bertz CT molecular complexity index is 526. The van der Waals surface area contributed by atoms with Crippen molar-refractivity contribution in [1.29, 1.82) is 0 Å². The molecule has 2 aromatic heterocycles. The average Bonchev–Trinajstić information content (AvgIpc) is 2.64. The zero-order chi connectivity index (χ0) is 11.7. The lowest BCUT2D eigenvalue weighted by atomic mass is 10.3. The van der Waals surface area contributed by atoms with E-state index in [-0.39, 0.29) is 5.95 Å². The zero-order valence-electron chi connectivity index (χ0n) is 8.58. The third-order valence-corrected chi connectivity index (χ3v) is 1.96. The van der Waals surface area contributed by atoms with Gasteiger partial charge < -0.3 is 11.5 Å². The van der Waals surface area contributed by atoms with Crippen LogP contribution in [-0.4, -0.2) is 25.7 Å². The highest BCUT2D eigenvalue weighted by molar-refractivity contribution is 5.92. The van der Waals surface area contributed by atoms with Gasteiger partial charge in [0.25, 0.3) is 5.91 Å². The number of nitrogens with two attached hydrogens (primary N) is 2. The standard InChI is InChI=1S/C9H10N6O/c1-5-2-7(14-9(11)13-5)15-4-6(3-12-15)8(10)16/h2-4H,1H3,(H2,10,16)(H2,11,13,14). The Morgan fingerprint density at radius 3 is 2.75 bits per heavy atom. The van der Waals surface area contributed by atoms with Crippen LogP contribution < -0.4 is 11.5 Å². The molecule has 0 spiro atoms. The van der Waals surface area contributed by atoms with Gasteiger partial charge >= 0.3 is 0 Å². The normalized spacial score (nSPS) is 10.3. The molecular formula is C9H10N6O. The highest BCUT2D eigenvalue weighted by atomic mass is 16.1. The van der Waals surface area contributed by atoms with E-state index in [1.165, 1.54) is 17.1 Å². The maximum absolute atomic E-state index is 10.9. The molecular weight excluding hydrogens is 208 g/mol. The molecule has 1 amide bonds. The molecule has 0 bridgehead atoms. The summed E-state index contributed by atoms with van der Waals surface area (Å²) in [5.74, 6) is 0.119. The Labute approximate surface area is 91.1 Å². The minimum Gasteiger partial charge on any atom is -0.368 e. The highest BCUT2D eigenvalue weighted by Crippen LogP contribution is 2.08. The maximum atomic E-state index is 10.9. The van der Waals surface area contributed by atoms with Gasteiger partial charge in [0.05, 0.1) is 11.8 Å². The number of carbonyl (C=O) groups excluding carboxylic acids is 1. The Balaban J connectivity index is 2.46. The summed E-state index contributed by atoms with van der Waals surface area (Å²) in [5.41, 5.74) is 11.7. The third kappa shape index (κ3) is 1.83. The number of carbonyl (C=O) groups is 1. The average molecular weight is 218 g/mol. The van der Waals surface area contributed by atoms with Crippen LogP contribution in [0.3, 0.4) is 0 Å². The van der Waals surface area contributed by atoms with Crippen molar-refractivity contribution in [2.75, 3.05) is 5.73 Å². The first-order valence-electron chi connectivity index (χ1n) is 4.52. The van der Waals surface area contributed by atoms with E-state index in [1.807, 2.05) is 0 Å². The van der Waals surface area contributed by atoms with Gasteiger partial charge in [-0.2, -0.15) is 10.1 Å². The Morgan fingerprint density at radius 2 is 2.19 bits per heavy atom. The van der Waals surface area contributed by atoms with Crippen molar-refractivity contribution in [1.82, 2.24) is 19.7 Å². The van der Waals surface area contributed by atoms with Gasteiger partial charge in [-0.15, -0.1) is 0 Å². The number of hydrogen-bond donors (Lipinski definition) is 2. The molecule has 0 aliphatic carbocycles. The summed E-state index contributed by atoms with van der Waals surface area (Å²) in [6.45, 7) is 1.79. The Morgan fingerprint density at radius 1 is 1.44 bits per heavy atom. The lowest BCUT2D eigenvalue weighted by molar-refractivity contribution is 0.100. The van der Waals surface area contributed by atoms with E-state index >= 15 is 0 Å². The minimum absolute atomic E-state index is 0.158. The fourth-order valence-corrected chi connectivity index (χ4v) is 1.27. The third-order valence-electron chi connectivity index (χ3n) is 1.96. The quantitative estimate of drug-likeness (QED) is 0.715. The number of nitrogens with zero attached hydrogens (tertiary/aromatic N) is 4. The van der Waals surface area contributed by atoms with Crippen LogP contribution in [-0.2, 0) is 0 Å². The number of anilines is 1. The van der Waals surface area contributed by atoms with E-state index in [9.17, 15) is 4.79 Å². The molecule has 0 radical (unpaired) electrons. The van der Waals surface area contributed by atoms with Crippen molar-refractivity contribution >= 4 is 11.9 Å². The second-order valence-corrected chi connectivity index (χ2v) is 3.26. The van der Waals surface area contributed by atoms with E-state index in [1.54, 1.807) is 13.0 Å². The molecule has 0 unspecified atom stereocenters. The van der Waals surface area contributed by atoms with Crippen LogP contribution in [0.25, 0.3) is 5.82 Å². The molecule has 0 aliphatic rings.